The van der Waals surface area contributed by atoms with Crippen molar-refractivity contribution in [3.8, 4) is 5.75 Å². The molecule has 0 aliphatic carbocycles. The average Bonchev–Trinajstić information content (AvgIpc) is 3.15. The lowest BCUT2D eigenvalue weighted by Crippen LogP contribution is -2.38. The Hall–Kier alpha value is -1.46. The van der Waals surface area contributed by atoms with E-state index in [0.29, 0.717) is 32.0 Å². The number of thiazole rings is 1. The molecule has 9 heteroatoms. The fourth-order valence-electron chi connectivity index (χ4n) is 2.91. The second kappa shape index (κ2) is 11.7. The lowest BCUT2D eigenvalue weighted by Gasteiger charge is -2.21. The third kappa shape index (κ3) is 6.78. The molecule has 1 aliphatic heterocycles. The molecule has 0 amide bonds. The highest BCUT2D eigenvalue weighted by Gasteiger charge is 2.16. The Kier molecular flexibility index (Phi) is 9.57. The summed E-state index contributed by atoms with van der Waals surface area (Å²) in [6.07, 6.45) is 0.624. The standard InChI is InChI=1S/C20H27FN4O2S.HI/c1-4-22-20(24-9-18-25-17(11-28-18)13(2)3)23-6-5-14-7-16(21)8-15-10-26-12-27-19(14)15;/h7-8,11,13H,4-6,9-10,12H2,1-3H3,(H2,22,23,24);1H. The number of rotatable bonds is 7. The van der Waals surface area contributed by atoms with Gasteiger partial charge in [-0.1, -0.05) is 13.8 Å². The Morgan fingerprint density at radius 2 is 2.17 bits per heavy atom. The summed E-state index contributed by atoms with van der Waals surface area (Å²) in [6, 6.07) is 3.00. The maximum atomic E-state index is 13.9. The third-order valence-electron chi connectivity index (χ3n) is 4.32. The molecule has 0 radical (unpaired) electrons. The first-order valence-corrected chi connectivity index (χ1v) is 10.4. The van der Waals surface area contributed by atoms with Crippen LogP contribution >= 0.6 is 35.3 Å². The van der Waals surface area contributed by atoms with Gasteiger partial charge in [-0.15, -0.1) is 35.3 Å². The molecule has 0 saturated heterocycles. The molecule has 0 spiro atoms. The van der Waals surface area contributed by atoms with Crippen molar-refractivity contribution in [3.63, 3.8) is 0 Å². The zero-order valence-corrected chi connectivity index (χ0v) is 20.1. The number of hydrogen-bond acceptors (Lipinski definition) is 5. The Bertz CT molecular complexity index is 829. The number of guanidine groups is 1. The summed E-state index contributed by atoms with van der Waals surface area (Å²) in [7, 11) is 0. The van der Waals surface area contributed by atoms with E-state index in [-0.39, 0.29) is 36.6 Å². The van der Waals surface area contributed by atoms with Crippen LogP contribution in [0, 0.1) is 5.82 Å². The van der Waals surface area contributed by atoms with E-state index in [9.17, 15) is 4.39 Å². The monoisotopic (exact) mass is 534 g/mol. The van der Waals surface area contributed by atoms with E-state index in [2.05, 4.69) is 39.8 Å². The van der Waals surface area contributed by atoms with Gasteiger partial charge in [-0.25, -0.2) is 14.4 Å². The van der Waals surface area contributed by atoms with E-state index >= 15 is 0 Å². The predicted octanol–water partition coefficient (Wildman–Crippen LogP) is 4.19. The lowest BCUT2D eigenvalue weighted by atomic mass is 10.1. The molecule has 2 aromatic rings. The van der Waals surface area contributed by atoms with E-state index in [0.717, 1.165) is 40.1 Å². The van der Waals surface area contributed by atoms with E-state index < -0.39 is 0 Å². The van der Waals surface area contributed by atoms with Crippen molar-refractivity contribution >= 4 is 41.3 Å². The molecule has 3 rings (SSSR count). The van der Waals surface area contributed by atoms with Crippen LogP contribution in [-0.2, 0) is 24.3 Å². The molecule has 0 unspecified atom stereocenters. The molecular weight excluding hydrogens is 506 g/mol. The summed E-state index contributed by atoms with van der Waals surface area (Å²) >= 11 is 1.63. The van der Waals surface area contributed by atoms with Crippen LogP contribution in [-0.4, -0.2) is 30.8 Å². The second-order valence-corrected chi connectivity index (χ2v) is 7.80. The second-order valence-electron chi connectivity index (χ2n) is 6.86. The van der Waals surface area contributed by atoms with Crippen LogP contribution in [0.3, 0.4) is 0 Å². The highest BCUT2D eigenvalue weighted by Crippen LogP contribution is 2.29. The first-order valence-electron chi connectivity index (χ1n) is 9.55. The first kappa shape index (κ1) is 23.8. The van der Waals surface area contributed by atoms with Crippen molar-refractivity contribution in [1.82, 2.24) is 15.6 Å². The fraction of sp³-hybridized carbons (Fsp3) is 0.500. The van der Waals surface area contributed by atoms with Gasteiger partial charge in [0, 0.05) is 24.0 Å². The molecule has 6 nitrogen and oxygen atoms in total. The predicted molar refractivity (Wildman–Crippen MR) is 125 cm³/mol. The molecular formula is C20H28FIN4O2S. The van der Waals surface area contributed by atoms with Gasteiger partial charge in [0.05, 0.1) is 18.8 Å². The van der Waals surface area contributed by atoms with Gasteiger partial charge in [-0.2, -0.15) is 0 Å². The van der Waals surface area contributed by atoms with Crippen LogP contribution in [0.4, 0.5) is 4.39 Å². The quantitative estimate of drug-likeness (QED) is 0.317. The van der Waals surface area contributed by atoms with Gasteiger partial charge < -0.3 is 20.1 Å². The average molecular weight is 534 g/mol. The number of nitrogens with one attached hydrogen (secondary N) is 2. The minimum Gasteiger partial charge on any atom is -0.467 e. The maximum absolute atomic E-state index is 13.9. The number of benzene rings is 1. The normalized spacial score (nSPS) is 13.5. The smallest absolute Gasteiger partial charge is 0.191 e. The largest absolute Gasteiger partial charge is 0.467 e. The highest BCUT2D eigenvalue weighted by atomic mass is 127. The molecule has 160 valence electrons. The maximum Gasteiger partial charge on any atom is 0.191 e. The minimum atomic E-state index is -0.270. The van der Waals surface area contributed by atoms with Crippen LogP contribution in [0.25, 0.3) is 0 Å². The van der Waals surface area contributed by atoms with Crippen molar-refractivity contribution < 1.29 is 13.9 Å². The van der Waals surface area contributed by atoms with E-state index in [1.807, 2.05) is 6.92 Å². The van der Waals surface area contributed by atoms with Gasteiger partial charge in [0.2, 0.25) is 0 Å². The number of nitrogens with zero attached hydrogens (tertiary/aromatic N) is 2. The number of hydrogen-bond donors (Lipinski definition) is 2. The molecule has 0 fully saturated rings. The molecule has 2 N–H and O–H groups in total. The van der Waals surface area contributed by atoms with Crippen LogP contribution in [0.5, 0.6) is 5.75 Å². The van der Waals surface area contributed by atoms with Crippen LogP contribution in [0.1, 0.15) is 48.5 Å². The highest BCUT2D eigenvalue weighted by molar-refractivity contribution is 14.0. The fourth-order valence-corrected chi connectivity index (χ4v) is 3.79. The molecule has 1 aromatic heterocycles. The number of fused-ring (bicyclic) bond motifs is 1. The summed E-state index contributed by atoms with van der Waals surface area (Å²) < 4.78 is 24.7. The third-order valence-corrected chi connectivity index (χ3v) is 5.17. The molecule has 0 saturated carbocycles. The molecule has 29 heavy (non-hydrogen) atoms. The Morgan fingerprint density at radius 3 is 2.90 bits per heavy atom. The lowest BCUT2D eigenvalue weighted by molar-refractivity contribution is -0.0172. The summed E-state index contributed by atoms with van der Waals surface area (Å²) in [5, 5.41) is 9.62. The van der Waals surface area contributed by atoms with E-state index in [4.69, 9.17) is 9.47 Å². The zero-order valence-electron chi connectivity index (χ0n) is 17.0. The molecule has 2 heterocycles. The first-order chi connectivity index (χ1) is 13.6. The SMILES string of the molecule is CCNC(=NCc1nc(C(C)C)cs1)NCCc1cc(F)cc2c1OCOC2.I. The Morgan fingerprint density at radius 1 is 1.34 bits per heavy atom. The molecule has 0 atom stereocenters. The van der Waals surface area contributed by atoms with Crippen molar-refractivity contribution in [1.29, 1.82) is 0 Å². The summed E-state index contributed by atoms with van der Waals surface area (Å²) in [5.41, 5.74) is 2.70. The van der Waals surface area contributed by atoms with Gasteiger partial charge in [0.1, 0.15) is 16.6 Å². The van der Waals surface area contributed by atoms with Crippen LogP contribution in [0.2, 0.25) is 0 Å². The van der Waals surface area contributed by atoms with Gasteiger partial charge in [0.15, 0.2) is 12.8 Å². The molecule has 1 aromatic carbocycles. The van der Waals surface area contributed by atoms with Gasteiger partial charge >= 0.3 is 0 Å². The van der Waals surface area contributed by atoms with Gasteiger partial charge in [-0.05, 0) is 37.0 Å². The number of aliphatic imine (C=N–C) groups is 1. The van der Waals surface area contributed by atoms with Crippen LogP contribution in [0.15, 0.2) is 22.5 Å². The summed E-state index contributed by atoms with van der Waals surface area (Å²) in [6.45, 7) is 8.77. The van der Waals surface area contributed by atoms with Crippen molar-refractivity contribution in [2.75, 3.05) is 19.9 Å². The van der Waals surface area contributed by atoms with Crippen LogP contribution < -0.4 is 15.4 Å². The van der Waals surface area contributed by atoms with E-state index in [1.54, 1.807) is 11.3 Å². The number of halogens is 2. The van der Waals surface area contributed by atoms with Gasteiger partial charge in [-0.3, -0.25) is 0 Å². The summed E-state index contributed by atoms with van der Waals surface area (Å²) in [4.78, 5) is 9.22. The zero-order chi connectivity index (χ0) is 19.9. The topological polar surface area (TPSA) is 67.8 Å². The molecule has 0 bridgehead atoms. The van der Waals surface area contributed by atoms with Crippen molar-refractivity contribution in [2.24, 2.45) is 4.99 Å². The van der Waals surface area contributed by atoms with Gasteiger partial charge in [0.25, 0.3) is 0 Å². The minimum absolute atomic E-state index is 0. The number of aromatic nitrogens is 1. The Balaban J connectivity index is 0.00000300. The van der Waals surface area contributed by atoms with Crippen molar-refractivity contribution in [3.05, 3.63) is 45.2 Å². The molecule has 1 aliphatic rings. The van der Waals surface area contributed by atoms with E-state index in [1.165, 1.54) is 12.1 Å². The Labute approximate surface area is 192 Å². The summed E-state index contributed by atoms with van der Waals surface area (Å²) in [5.74, 6) is 1.61. The van der Waals surface area contributed by atoms with Crippen molar-refractivity contribution in [2.45, 2.75) is 46.3 Å². The number of ether oxygens (including phenoxy) is 2.